The average molecular weight is 616 g/mol. The second-order valence-electron chi connectivity index (χ2n) is 10.4. The van der Waals surface area contributed by atoms with Gasteiger partial charge in [0.1, 0.15) is 5.01 Å². The van der Waals surface area contributed by atoms with E-state index in [1.807, 2.05) is 58.9 Å². The van der Waals surface area contributed by atoms with E-state index in [9.17, 15) is 19.5 Å². The number of fused-ring (bicyclic) bond motifs is 1. The molecule has 12 heteroatoms. The average Bonchev–Trinajstić information content (AvgIpc) is 3.47. The summed E-state index contributed by atoms with van der Waals surface area (Å²) in [5, 5.41) is 20.4. The molecule has 1 aromatic carbocycles. The summed E-state index contributed by atoms with van der Waals surface area (Å²) in [5.74, 6) is -0.834. The lowest BCUT2D eigenvalue weighted by atomic mass is 10.0. The predicted molar refractivity (Wildman–Crippen MR) is 169 cm³/mol. The molecule has 11 nitrogen and oxygen atoms in total. The van der Waals surface area contributed by atoms with Crippen molar-refractivity contribution in [2.24, 2.45) is 0 Å². The van der Waals surface area contributed by atoms with Gasteiger partial charge in [0.25, 0.3) is 5.91 Å². The highest BCUT2D eigenvalue weighted by Crippen LogP contribution is 2.32. The van der Waals surface area contributed by atoms with Gasteiger partial charge in [0.05, 0.1) is 24.8 Å². The monoisotopic (exact) mass is 615 g/mol. The molecular formula is C31H45N5O6S. The molecule has 0 fully saturated rings. The lowest BCUT2D eigenvalue weighted by molar-refractivity contribution is -0.116. The molecular weight excluding hydrogens is 570 g/mol. The highest BCUT2D eigenvalue weighted by atomic mass is 32.1. The molecule has 1 aliphatic heterocycles. The molecule has 4 rings (SSSR count). The highest BCUT2D eigenvalue weighted by molar-refractivity contribution is 7.14. The Balaban J connectivity index is 0.000000455. The topological polar surface area (TPSA) is 127 Å². The summed E-state index contributed by atoms with van der Waals surface area (Å²) in [4.78, 5) is 38.9. The lowest BCUT2D eigenvalue weighted by Crippen LogP contribution is -2.47. The third-order valence-electron chi connectivity index (χ3n) is 6.91. The van der Waals surface area contributed by atoms with Gasteiger partial charge >= 0.3 is 0 Å². The smallest absolute Gasteiger partial charge is 0.274 e. The fourth-order valence-corrected chi connectivity index (χ4v) is 5.01. The minimum atomic E-state index is -0.585. The second kappa shape index (κ2) is 17.5. The zero-order valence-corrected chi connectivity index (χ0v) is 27.3. The van der Waals surface area contributed by atoms with Crippen molar-refractivity contribution in [3.8, 4) is 16.3 Å². The van der Waals surface area contributed by atoms with Crippen molar-refractivity contribution in [3.05, 3.63) is 62.5 Å². The SMILES string of the molecule is CCC1CN(C(C)C)C(=O)c2c(O)c(=O)c(-c3nnc(Cc4ccc(C)cc4)s3)cn21.CCN(C)C=O.COCCOC. The molecule has 0 spiro atoms. The number of methoxy groups -OCH3 is 2. The number of rotatable bonds is 10. The summed E-state index contributed by atoms with van der Waals surface area (Å²) >= 11 is 1.33. The summed E-state index contributed by atoms with van der Waals surface area (Å²) in [6.07, 6.45) is 3.85. The van der Waals surface area contributed by atoms with Crippen molar-refractivity contribution in [1.29, 1.82) is 0 Å². The molecule has 0 aliphatic carbocycles. The molecule has 0 saturated heterocycles. The van der Waals surface area contributed by atoms with Crippen LogP contribution in [0.4, 0.5) is 0 Å². The first-order valence-electron chi connectivity index (χ1n) is 14.3. The largest absolute Gasteiger partial charge is 0.503 e. The number of hydrogen-bond donors (Lipinski definition) is 1. The molecule has 1 unspecified atom stereocenters. The zero-order valence-electron chi connectivity index (χ0n) is 26.5. The van der Waals surface area contributed by atoms with Gasteiger partial charge in [0.2, 0.25) is 11.8 Å². The number of aromatic nitrogens is 3. The molecule has 1 N–H and O–H groups in total. The van der Waals surface area contributed by atoms with Crippen LogP contribution in [0.5, 0.6) is 5.75 Å². The predicted octanol–water partition coefficient (Wildman–Crippen LogP) is 4.16. The van der Waals surface area contributed by atoms with Gasteiger partial charge in [-0.3, -0.25) is 14.4 Å². The van der Waals surface area contributed by atoms with Crippen LogP contribution in [0.3, 0.4) is 0 Å². The highest BCUT2D eigenvalue weighted by Gasteiger charge is 2.35. The summed E-state index contributed by atoms with van der Waals surface area (Å²) in [6, 6.07) is 8.15. The van der Waals surface area contributed by atoms with E-state index in [2.05, 4.69) is 19.7 Å². The standard InChI is InChI=1S/C23H26N4O3S.C4H9NO.C4H10O2/c1-5-16-11-26(13(2)3)23(30)19-21(29)20(28)17(12-27(16)19)22-25-24-18(31-22)10-15-8-6-14(4)7-9-15;1-3-5(2)4-6;1-5-3-4-6-2/h6-9,12-13,16,29H,5,10-11H2,1-4H3;4H,3H2,1-2H3;3-4H2,1-2H3. The number of aryl methyl sites for hydroxylation is 1. The Morgan fingerprint density at radius 3 is 2.23 bits per heavy atom. The summed E-state index contributed by atoms with van der Waals surface area (Å²) in [7, 11) is 5.05. The van der Waals surface area contributed by atoms with Crippen LogP contribution in [0.1, 0.15) is 66.8 Å². The van der Waals surface area contributed by atoms with Crippen LogP contribution >= 0.6 is 11.3 Å². The Morgan fingerprint density at radius 2 is 1.74 bits per heavy atom. The van der Waals surface area contributed by atoms with Crippen molar-refractivity contribution in [3.63, 3.8) is 0 Å². The summed E-state index contributed by atoms with van der Waals surface area (Å²) < 4.78 is 11.1. The van der Waals surface area contributed by atoms with Gasteiger partial charge in [-0.15, -0.1) is 10.2 Å². The van der Waals surface area contributed by atoms with E-state index in [0.29, 0.717) is 31.2 Å². The Bertz CT molecular complexity index is 1370. The molecule has 0 bridgehead atoms. The number of benzene rings is 1. The van der Waals surface area contributed by atoms with E-state index in [-0.39, 0.29) is 29.2 Å². The maximum Gasteiger partial charge on any atom is 0.274 e. The van der Waals surface area contributed by atoms with Gasteiger partial charge in [0, 0.05) is 53.0 Å². The van der Waals surface area contributed by atoms with Crippen LogP contribution in [0.15, 0.2) is 35.3 Å². The van der Waals surface area contributed by atoms with E-state index in [1.165, 1.54) is 16.9 Å². The Hall–Kier alpha value is -3.61. The van der Waals surface area contributed by atoms with Crippen molar-refractivity contribution >= 4 is 23.7 Å². The number of amides is 2. The Morgan fingerprint density at radius 1 is 1.12 bits per heavy atom. The van der Waals surface area contributed by atoms with Crippen molar-refractivity contribution in [1.82, 2.24) is 24.6 Å². The number of carbonyl (C=O) groups excluding carboxylic acids is 2. The molecule has 1 atom stereocenters. The molecule has 2 aromatic heterocycles. The molecule has 0 radical (unpaired) electrons. The minimum Gasteiger partial charge on any atom is -0.503 e. The lowest BCUT2D eigenvalue weighted by Gasteiger charge is -2.38. The molecule has 2 amide bonds. The van der Waals surface area contributed by atoms with E-state index in [1.54, 1.807) is 41.8 Å². The number of aromatic hydroxyl groups is 1. The van der Waals surface area contributed by atoms with E-state index < -0.39 is 11.2 Å². The van der Waals surface area contributed by atoms with Gasteiger partial charge in [-0.25, -0.2) is 0 Å². The zero-order chi connectivity index (χ0) is 32.1. The fraction of sp³-hybridized carbons (Fsp3) is 0.516. The molecule has 236 valence electrons. The van der Waals surface area contributed by atoms with Crippen molar-refractivity contribution < 1.29 is 24.2 Å². The third kappa shape index (κ3) is 9.70. The van der Waals surface area contributed by atoms with Crippen molar-refractivity contribution in [2.45, 2.75) is 59.5 Å². The van der Waals surface area contributed by atoms with Crippen LogP contribution in [-0.4, -0.2) is 95.6 Å². The fourth-order valence-electron chi connectivity index (χ4n) is 4.13. The Labute approximate surface area is 258 Å². The first-order valence-corrected chi connectivity index (χ1v) is 15.1. The van der Waals surface area contributed by atoms with E-state index >= 15 is 0 Å². The van der Waals surface area contributed by atoms with Gasteiger partial charge in [-0.05, 0) is 39.7 Å². The number of ether oxygens (including phenoxy) is 2. The van der Waals surface area contributed by atoms with Gasteiger partial charge in [-0.1, -0.05) is 48.1 Å². The first-order chi connectivity index (χ1) is 20.5. The van der Waals surface area contributed by atoms with Crippen LogP contribution in [0.25, 0.3) is 10.6 Å². The first kappa shape index (κ1) is 35.6. The summed E-state index contributed by atoms with van der Waals surface area (Å²) in [6.45, 7) is 12.6. The summed E-state index contributed by atoms with van der Waals surface area (Å²) in [5.41, 5.74) is 2.06. The van der Waals surface area contributed by atoms with E-state index in [4.69, 9.17) is 0 Å². The number of pyridine rings is 1. The van der Waals surface area contributed by atoms with Crippen LogP contribution < -0.4 is 5.43 Å². The molecule has 0 saturated carbocycles. The number of carbonyl (C=O) groups is 2. The number of hydrogen-bond acceptors (Lipinski definition) is 9. The van der Waals surface area contributed by atoms with Gasteiger partial charge < -0.3 is 28.9 Å². The van der Waals surface area contributed by atoms with Crippen LogP contribution in [0, 0.1) is 6.92 Å². The molecule has 3 heterocycles. The van der Waals surface area contributed by atoms with E-state index in [0.717, 1.165) is 29.9 Å². The Kier molecular flexibility index (Phi) is 14.5. The normalized spacial score (nSPS) is 13.9. The molecule has 3 aromatic rings. The molecule has 43 heavy (non-hydrogen) atoms. The second-order valence-corrected chi connectivity index (χ2v) is 11.5. The maximum atomic E-state index is 13.0. The van der Waals surface area contributed by atoms with Crippen LogP contribution in [0.2, 0.25) is 0 Å². The quantitative estimate of drug-likeness (QED) is 0.266. The van der Waals surface area contributed by atoms with Gasteiger partial charge in [-0.2, -0.15) is 0 Å². The number of nitrogens with zero attached hydrogens (tertiary/aromatic N) is 5. The van der Waals surface area contributed by atoms with Crippen LogP contribution in [-0.2, 0) is 20.7 Å². The van der Waals surface area contributed by atoms with Crippen molar-refractivity contribution in [2.75, 3.05) is 47.6 Å². The maximum absolute atomic E-state index is 13.0. The minimum absolute atomic E-state index is 0.0167. The van der Waals surface area contributed by atoms with Gasteiger partial charge in [0.15, 0.2) is 16.5 Å². The third-order valence-corrected chi connectivity index (χ3v) is 7.87. The molecule has 1 aliphatic rings.